The molecule has 0 atom stereocenters. The fourth-order valence-corrected chi connectivity index (χ4v) is 3.98. The third kappa shape index (κ3) is 4.66. The number of benzene rings is 1. The molecule has 0 fully saturated rings. The van der Waals surface area contributed by atoms with E-state index in [9.17, 15) is 30.8 Å². The van der Waals surface area contributed by atoms with E-state index in [1.54, 1.807) is 0 Å². The summed E-state index contributed by atoms with van der Waals surface area (Å²) < 4.78 is 80.5. The molecular weight excluding hydrogens is 414 g/mol. The van der Waals surface area contributed by atoms with E-state index in [1.807, 2.05) is 4.72 Å². The Labute approximate surface area is 156 Å². The van der Waals surface area contributed by atoms with Crippen LogP contribution in [0.1, 0.15) is 12.6 Å². The highest BCUT2D eigenvalue weighted by Gasteiger charge is 2.36. The van der Waals surface area contributed by atoms with Gasteiger partial charge in [-0.15, -0.1) is 0 Å². The smallest absolute Gasteiger partial charge is 0.267 e. The molecule has 0 bridgehead atoms. The van der Waals surface area contributed by atoms with E-state index in [-0.39, 0.29) is 17.1 Å². The van der Waals surface area contributed by atoms with Crippen LogP contribution < -0.4 is 10.3 Å². The number of sulfonamides is 1. The van der Waals surface area contributed by atoms with Crippen LogP contribution in [0.5, 0.6) is 0 Å². The number of hydrogen-bond acceptors (Lipinski definition) is 4. The molecular formula is C15H14ClF4N3O3S. The fraction of sp³-hybridized carbons (Fsp3) is 0.333. The van der Waals surface area contributed by atoms with Gasteiger partial charge in [0.1, 0.15) is 10.7 Å². The lowest BCUT2D eigenvalue weighted by Gasteiger charge is -2.17. The molecule has 1 N–H and O–H groups in total. The molecule has 12 heteroatoms. The van der Waals surface area contributed by atoms with E-state index < -0.39 is 50.1 Å². The first kappa shape index (κ1) is 21.3. The van der Waals surface area contributed by atoms with Gasteiger partial charge in [0, 0.05) is 13.6 Å². The molecule has 0 amide bonds. The van der Waals surface area contributed by atoms with Crippen molar-refractivity contribution >= 4 is 21.6 Å². The minimum absolute atomic E-state index is 0.141. The summed E-state index contributed by atoms with van der Waals surface area (Å²) >= 11 is 5.59. The molecule has 0 unspecified atom stereocenters. The van der Waals surface area contributed by atoms with E-state index >= 15 is 0 Å². The molecule has 2 rings (SSSR count). The van der Waals surface area contributed by atoms with Crippen LogP contribution in [0.4, 0.5) is 17.6 Å². The van der Waals surface area contributed by atoms with Crippen molar-refractivity contribution in [3.05, 3.63) is 45.1 Å². The maximum atomic E-state index is 13.8. The van der Waals surface area contributed by atoms with Gasteiger partial charge in [-0.05, 0) is 17.7 Å². The van der Waals surface area contributed by atoms with E-state index in [0.29, 0.717) is 4.68 Å². The quantitative estimate of drug-likeness (QED) is 0.744. The van der Waals surface area contributed by atoms with Gasteiger partial charge in [-0.1, -0.05) is 24.6 Å². The van der Waals surface area contributed by atoms with Crippen molar-refractivity contribution in [3.8, 4) is 11.1 Å². The van der Waals surface area contributed by atoms with Crippen LogP contribution in [-0.4, -0.2) is 30.9 Å². The molecule has 0 aliphatic carbocycles. The van der Waals surface area contributed by atoms with Gasteiger partial charge in [-0.25, -0.2) is 22.2 Å². The van der Waals surface area contributed by atoms with Crippen LogP contribution in [0.15, 0.2) is 27.9 Å². The Morgan fingerprint density at radius 1 is 1.30 bits per heavy atom. The largest absolute Gasteiger partial charge is 0.394 e. The van der Waals surface area contributed by atoms with Gasteiger partial charge in [0.15, 0.2) is 0 Å². The summed E-state index contributed by atoms with van der Waals surface area (Å²) in [6.45, 7) is 1.27. The molecule has 27 heavy (non-hydrogen) atoms. The van der Waals surface area contributed by atoms with Crippen molar-refractivity contribution < 1.29 is 26.0 Å². The monoisotopic (exact) mass is 427 g/mol. The van der Waals surface area contributed by atoms with Gasteiger partial charge in [0.25, 0.3) is 5.56 Å². The summed E-state index contributed by atoms with van der Waals surface area (Å²) in [6.07, 6.45) is -6.48. The SMILES string of the molecule is CCNS(=O)(=O)c1c(CC(F)(F)F)nn(C)c(=O)c1-c1ccc(Cl)c(F)c1. The van der Waals surface area contributed by atoms with Crippen molar-refractivity contribution in [2.24, 2.45) is 7.05 Å². The molecule has 0 aliphatic heterocycles. The van der Waals surface area contributed by atoms with Crippen LogP contribution in [0.3, 0.4) is 0 Å². The zero-order valence-corrected chi connectivity index (χ0v) is 15.6. The lowest BCUT2D eigenvalue weighted by molar-refractivity contribution is -0.128. The average Bonchev–Trinajstić information content (AvgIpc) is 2.51. The summed E-state index contributed by atoms with van der Waals surface area (Å²) in [7, 11) is -3.46. The number of alkyl halides is 3. The Morgan fingerprint density at radius 3 is 2.44 bits per heavy atom. The van der Waals surface area contributed by atoms with Crippen molar-refractivity contribution in [1.29, 1.82) is 0 Å². The van der Waals surface area contributed by atoms with Gasteiger partial charge in [0.05, 0.1) is 22.7 Å². The molecule has 1 aromatic heterocycles. The first-order valence-corrected chi connectivity index (χ1v) is 9.35. The normalized spacial score (nSPS) is 12.4. The number of halogens is 5. The molecule has 0 spiro atoms. The van der Waals surface area contributed by atoms with E-state index in [4.69, 9.17) is 11.6 Å². The van der Waals surface area contributed by atoms with Crippen molar-refractivity contribution in [3.63, 3.8) is 0 Å². The van der Waals surface area contributed by atoms with Gasteiger partial charge in [-0.2, -0.15) is 18.3 Å². The maximum Gasteiger partial charge on any atom is 0.394 e. The summed E-state index contributed by atoms with van der Waals surface area (Å²) in [5, 5.41) is 3.18. The van der Waals surface area contributed by atoms with E-state index in [2.05, 4.69) is 5.10 Å². The second-order valence-corrected chi connectivity index (χ2v) is 7.61. The number of aromatic nitrogens is 2. The Morgan fingerprint density at radius 2 is 1.93 bits per heavy atom. The molecule has 0 aliphatic rings. The van der Waals surface area contributed by atoms with Gasteiger partial charge in [0.2, 0.25) is 10.0 Å². The van der Waals surface area contributed by atoms with Crippen LogP contribution >= 0.6 is 11.6 Å². The first-order valence-electron chi connectivity index (χ1n) is 7.49. The third-order valence-electron chi connectivity index (χ3n) is 3.45. The Kier molecular flexibility index (Phi) is 5.97. The molecule has 148 valence electrons. The van der Waals surface area contributed by atoms with Gasteiger partial charge in [-0.3, -0.25) is 4.79 Å². The molecule has 6 nitrogen and oxygen atoms in total. The zero-order chi connectivity index (χ0) is 20.6. The lowest BCUT2D eigenvalue weighted by Crippen LogP contribution is -2.33. The van der Waals surface area contributed by atoms with E-state index in [1.165, 1.54) is 6.92 Å². The first-order chi connectivity index (χ1) is 12.4. The highest BCUT2D eigenvalue weighted by atomic mass is 35.5. The summed E-state index contributed by atoms with van der Waals surface area (Å²) in [5.74, 6) is -0.961. The molecule has 0 radical (unpaired) electrons. The summed E-state index contributed by atoms with van der Waals surface area (Å²) in [4.78, 5) is 11.6. The predicted molar refractivity (Wildman–Crippen MR) is 90.5 cm³/mol. The second kappa shape index (κ2) is 7.56. The second-order valence-electron chi connectivity index (χ2n) is 5.50. The highest BCUT2D eigenvalue weighted by Crippen LogP contribution is 2.31. The Bertz CT molecular complexity index is 1040. The summed E-state index contributed by atoms with van der Waals surface area (Å²) in [6, 6.07) is 2.99. The highest BCUT2D eigenvalue weighted by molar-refractivity contribution is 7.89. The third-order valence-corrected chi connectivity index (χ3v) is 5.40. The summed E-state index contributed by atoms with van der Waals surface area (Å²) in [5.41, 5.74) is -2.74. The number of aryl methyl sites for hydroxylation is 1. The molecule has 1 heterocycles. The van der Waals surface area contributed by atoms with Gasteiger partial charge >= 0.3 is 6.18 Å². The van der Waals surface area contributed by atoms with Crippen molar-refractivity contribution in [1.82, 2.24) is 14.5 Å². The van der Waals surface area contributed by atoms with Crippen LogP contribution in [-0.2, 0) is 23.5 Å². The van der Waals surface area contributed by atoms with Crippen LogP contribution in [0.2, 0.25) is 5.02 Å². The molecule has 0 saturated carbocycles. The van der Waals surface area contributed by atoms with Crippen molar-refractivity contribution in [2.75, 3.05) is 6.54 Å². The minimum atomic E-state index is -4.79. The predicted octanol–water partition coefficient (Wildman–Crippen LogP) is 2.64. The van der Waals surface area contributed by atoms with Crippen LogP contribution in [0, 0.1) is 5.82 Å². The fourth-order valence-electron chi connectivity index (χ4n) is 2.44. The van der Waals surface area contributed by atoms with Crippen LogP contribution in [0.25, 0.3) is 11.1 Å². The molecule has 2 aromatic rings. The number of nitrogens with zero attached hydrogens (tertiary/aromatic N) is 2. The number of nitrogens with one attached hydrogen (secondary N) is 1. The van der Waals surface area contributed by atoms with E-state index in [0.717, 1.165) is 25.2 Å². The topological polar surface area (TPSA) is 81.1 Å². The lowest BCUT2D eigenvalue weighted by atomic mass is 10.1. The number of hydrogen-bond donors (Lipinski definition) is 1. The Balaban J connectivity index is 2.96. The zero-order valence-electron chi connectivity index (χ0n) is 14.1. The Hall–Kier alpha value is -1.98. The molecule has 1 aromatic carbocycles. The minimum Gasteiger partial charge on any atom is -0.267 e. The molecule has 0 saturated heterocycles. The van der Waals surface area contributed by atoms with Crippen molar-refractivity contribution in [2.45, 2.75) is 24.4 Å². The average molecular weight is 428 g/mol. The standard InChI is InChI=1S/C15H14ClF4N3O3S/c1-3-21-27(25,26)13-11(7-15(18,19)20)22-23(2)14(24)12(13)8-4-5-9(16)10(17)6-8/h4-6,21H,3,7H2,1-2H3. The van der Waals surface area contributed by atoms with Gasteiger partial charge < -0.3 is 0 Å². The number of rotatable bonds is 5. The maximum absolute atomic E-state index is 13.8.